The van der Waals surface area contributed by atoms with Gasteiger partial charge in [-0.1, -0.05) is 6.92 Å². The molecule has 0 aromatic carbocycles. The van der Waals surface area contributed by atoms with Crippen LogP contribution in [0.4, 0.5) is 0 Å². The van der Waals surface area contributed by atoms with E-state index in [1.165, 1.54) is 13.0 Å². The Hall–Kier alpha value is -1.32. The Morgan fingerprint density at radius 2 is 2.27 bits per heavy atom. The Labute approximate surface area is 89.2 Å². The molecule has 0 amide bonds. The van der Waals surface area contributed by atoms with Gasteiger partial charge in [-0.2, -0.15) is 0 Å². The first-order valence-electron chi connectivity index (χ1n) is 5.09. The van der Waals surface area contributed by atoms with Crippen molar-refractivity contribution >= 4 is 11.8 Å². The highest BCUT2D eigenvalue weighted by Gasteiger charge is 2.32. The van der Waals surface area contributed by atoms with Crippen molar-refractivity contribution < 1.29 is 19.1 Å². The van der Waals surface area contributed by atoms with E-state index >= 15 is 0 Å². The lowest BCUT2D eigenvalue weighted by Gasteiger charge is -2.26. The zero-order valence-corrected chi connectivity index (χ0v) is 9.28. The van der Waals surface area contributed by atoms with Gasteiger partial charge in [0.25, 0.3) is 0 Å². The minimum Gasteiger partial charge on any atom is -0.498 e. The van der Waals surface area contributed by atoms with E-state index in [-0.39, 0.29) is 11.7 Å². The molecular formula is C11H16O4. The first-order chi connectivity index (χ1) is 7.04. The van der Waals surface area contributed by atoms with E-state index < -0.39 is 12.1 Å². The maximum atomic E-state index is 11.6. The third-order valence-electron chi connectivity index (χ3n) is 2.25. The fourth-order valence-corrected chi connectivity index (χ4v) is 1.64. The third kappa shape index (κ3) is 3.08. The van der Waals surface area contributed by atoms with E-state index in [2.05, 4.69) is 0 Å². The van der Waals surface area contributed by atoms with Crippen molar-refractivity contribution in [3.05, 3.63) is 11.8 Å². The number of rotatable bonds is 3. The summed E-state index contributed by atoms with van der Waals surface area (Å²) in [6, 6.07) is 0. The van der Waals surface area contributed by atoms with Gasteiger partial charge in [0.1, 0.15) is 5.76 Å². The van der Waals surface area contributed by atoms with E-state index in [9.17, 15) is 9.59 Å². The third-order valence-corrected chi connectivity index (χ3v) is 2.25. The minimum absolute atomic E-state index is 0.0204. The SMILES string of the molecule is CCOC1=CC(=O)[C@H](OC(C)=O)[C@@H](C)C1. The molecule has 0 aromatic rings. The molecule has 0 aliphatic heterocycles. The van der Waals surface area contributed by atoms with Crippen LogP contribution in [0.5, 0.6) is 0 Å². The van der Waals surface area contributed by atoms with Gasteiger partial charge in [0, 0.05) is 25.3 Å². The summed E-state index contributed by atoms with van der Waals surface area (Å²) in [6.07, 6.45) is 1.42. The molecule has 15 heavy (non-hydrogen) atoms. The molecule has 1 aliphatic carbocycles. The molecule has 0 saturated carbocycles. The summed E-state index contributed by atoms with van der Waals surface area (Å²) in [4.78, 5) is 22.4. The van der Waals surface area contributed by atoms with Gasteiger partial charge in [-0.25, -0.2) is 0 Å². The van der Waals surface area contributed by atoms with Crippen LogP contribution in [0, 0.1) is 5.92 Å². The Bertz CT molecular complexity index is 293. The van der Waals surface area contributed by atoms with Crippen LogP contribution in [0.3, 0.4) is 0 Å². The van der Waals surface area contributed by atoms with Crippen molar-refractivity contribution in [3.8, 4) is 0 Å². The van der Waals surface area contributed by atoms with Gasteiger partial charge in [0.05, 0.1) is 6.61 Å². The van der Waals surface area contributed by atoms with Crippen molar-refractivity contribution in [1.82, 2.24) is 0 Å². The average Bonchev–Trinajstić information content (AvgIpc) is 2.11. The largest absolute Gasteiger partial charge is 0.498 e. The van der Waals surface area contributed by atoms with Crippen molar-refractivity contribution in [2.75, 3.05) is 6.61 Å². The lowest BCUT2D eigenvalue weighted by molar-refractivity contribution is -0.155. The van der Waals surface area contributed by atoms with Gasteiger partial charge in [-0.05, 0) is 6.92 Å². The molecule has 0 bridgehead atoms. The molecule has 0 aromatic heterocycles. The standard InChI is InChI=1S/C11H16O4/c1-4-14-9-5-7(2)11(10(13)6-9)15-8(3)12/h6-7,11H,4-5H2,1-3H3/t7-,11+/m0/s1. The highest BCUT2D eigenvalue weighted by Crippen LogP contribution is 2.25. The molecule has 0 saturated heterocycles. The maximum absolute atomic E-state index is 11.6. The number of ether oxygens (including phenoxy) is 2. The fourth-order valence-electron chi connectivity index (χ4n) is 1.64. The summed E-state index contributed by atoms with van der Waals surface area (Å²) in [5.41, 5.74) is 0. The molecular weight excluding hydrogens is 196 g/mol. The van der Waals surface area contributed by atoms with Crippen LogP contribution in [-0.4, -0.2) is 24.5 Å². The van der Waals surface area contributed by atoms with Gasteiger partial charge in [0.15, 0.2) is 11.9 Å². The van der Waals surface area contributed by atoms with E-state index in [1.54, 1.807) is 0 Å². The maximum Gasteiger partial charge on any atom is 0.303 e. The first-order valence-corrected chi connectivity index (χ1v) is 5.09. The normalized spacial score (nSPS) is 25.8. The monoisotopic (exact) mass is 212 g/mol. The second kappa shape index (κ2) is 4.96. The molecule has 4 heteroatoms. The van der Waals surface area contributed by atoms with Crippen LogP contribution < -0.4 is 0 Å². The Morgan fingerprint density at radius 1 is 1.60 bits per heavy atom. The van der Waals surface area contributed by atoms with E-state index in [0.717, 1.165) is 0 Å². The summed E-state index contributed by atoms with van der Waals surface area (Å²) >= 11 is 0. The minimum atomic E-state index is -0.647. The van der Waals surface area contributed by atoms with Crippen molar-refractivity contribution in [3.63, 3.8) is 0 Å². The topological polar surface area (TPSA) is 52.6 Å². The highest BCUT2D eigenvalue weighted by molar-refractivity contribution is 5.96. The van der Waals surface area contributed by atoms with Gasteiger partial charge >= 0.3 is 5.97 Å². The summed E-state index contributed by atoms with van der Waals surface area (Å²) in [5, 5.41) is 0. The van der Waals surface area contributed by atoms with Crippen LogP contribution in [-0.2, 0) is 19.1 Å². The van der Waals surface area contributed by atoms with Gasteiger partial charge < -0.3 is 9.47 Å². The van der Waals surface area contributed by atoms with Crippen LogP contribution in [0.1, 0.15) is 27.2 Å². The second-order valence-corrected chi connectivity index (χ2v) is 3.66. The molecule has 2 atom stereocenters. The summed E-state index contributed by atoms with van der Waals surface area (Å²) in [5.74, 6) is 0.0483. The van der Waals surface area contributed by atoms with Crippen molar-refractivity contribution in [1.29, 1.82) is 0 Å². The van der Waals surface area contributed by atoms with Crippen LogP contribution in [0.25, 0.3) is 0 Å². The number of hydrogen-bond donors (Lipinski definition) is 0. The first kappa shape index (κ1) is 11.8. The lowest BCUT2D eigenvalue weighted by Crippen LogP contribution is -2.35. The zero-order valence-electron chi connectivity index (χ0n) is 9.28. The Balaban J connectivity index is 2.71. The van der Waals surface area contributed by atoms with Crippen LogP contribution in [0.15, 0.2) is 11.8 Å². The van der Waals surface area contributed by atoms with Crippen molar-refractivity contribution in [2.24, 2.45) is 5.92 Å². The lowest BCUT2D eigenvalue weighted by atomic mass is 9.91. The number of allylic oxidation sites excluding steroid dienone is 1. The smallest absolute Gasteiger partial charge is 0.303 e. The highest BCUT2D eigenvalue weighted by atomic mass is 16.5. The number of ketones is 1. The van der Waals surface area contributed by atoms with Gasteiger partial charge in [-0.15, -0.1) is 0 Å². The van der Waals surface area contributed by atoms with E-state index in [4.69, 9.17) is 9.47 Å². The van der Waals surface area contributed by atoms with Gasteiger partial charge in [0.2, 0.25) is 0 Å². The molecule has 1 rings (SSSR count). The number of esters is 1. The summed E-state index contributed by atoms with van der Waals surface area (Å²) in [7, 11) is 0. The number of hydrogen-bond acceptors (Lipinski definition) is 4. The summed E-state index contributed by atoms with van der Waals surface area (Å²) < 4.78 is 10.2. The predicted molar refractivity (Wildman–Crippen MR) is 54.1 cm³/mol. The number of carbonyl (C=O) groups excluding carboxylic acids is 2. The van der Waals surface area contributed by atoms with Crippen LogP contribution in [0.2, 0.25) is 0 Å². The Kier molecular flexibility index (Phi) is 3.88. The van der Waals surface area contributed by atoms with E-state index in [1.807, 2.05) is 13.8 Å². The predicted octanol–water partition coefficient (Wildman–Crippen LogP) is 1.45. The molecule has 1 aliphatic rings. The molecule has 0 radical (unpaired) electrons. The molecule has 0 spiro atoms. The molecule has 0 fully saturated rings. The molecule has 84 valence electrons. The quantitative estimate of drug-likeness (QED) is 0.664. The van der Waals surface area contributed by atoms with E-state index in [0.29, 0.717) is 18.8 Å². The molecule has 0 unspecified atom stereocenters. The molecule has 4 nitrogen and oxygen atoms in total. The Morgan fingerprint density at radius 3 is 2.73 bits per heavy atom. The van der Waals surface area contributed by atoms with Gasteiger partial charge in [-0.3, -0.25) is 9.59 Å². The number of carbonyl (C=O) groups is 2. The van der Waals surface area contributed by atoms with Crippen LogP contribution >= 0.6 is 0 Å². The molecule has 0 heterocycles. The molecule has 0 N–H and O–H groups in total. The fraction of sp³-hybridized carbons (Fsp3) is 0.636. The van der Waals surface area contributed by atoms with Crippen molar-refractivity contribution in [2.45, 2.75) is 33.3 Å². The summed E-state index contributed by atoms with van der Waals surface area (Å²) in [6.45, 7) is 5.59. The second-order valence-electron chi connectivity index (χ2n) is 3.66. The average molecular weight is 212 g/mol. The zero-order chi connectivity index (χ0) is 11.4.